The molecule has 0 radical (unpaired) electrons. The minimum Gasteiger partial charge on any atom is -0.506 e. The standard InChI is InChI=1S/C10H10F3NO/c11-10(12,13)14(7-5-6-7)8-3-1-2-4-9(8)15/h1-4,7,15H,5-6H2. The van der Waals surface area contributed by atoms with E-state index in [0.29, 0.717) is 17.7 Å². The lowest BCUT2D eigenvalue weighted by Crippen LogP contribution is -2.39. The predicted octanol–water partition coefficient (Wildman–Crippen LogP) is 2.88. The Bertz CT molecular complexity index is 360. The van der Waals surface area contributed by atoms with Gasteiger partial charge in [-0.2, -0.15) is 13.2 Å². The molecule has 0 heterocycles. The van der Waals surface area contributed by atoms with Crippen molar-refractivity contribution in [3.05, 3.63) is 24.3 Å². The minimum absolute atomic E-state index is 0.160. The second-order valence-electron chi connectivity index (χ2n) is 3.56. The number of hydrogen-bond acceptors (Lipinski definition) is 2. The number of alkyl halides is 3. The Morgan fingerprint density at radius 3 is 2.27 bits per heavy atom. The van der Waals surface area contributed by atoms with Gasteiger partial charge < -0.3 is 5.11 Å². The molecule has 1 saturated carbocycles. The second-order valence-corrected chi connectivity index (χ2v) is 3.56. The van der Waals surface area contributed by atoms with Crippen molar-refractivity contribution >= 4 is 5.69 Å². The summed E-state index contributed by atoms with van der Waals surface area (Å²) >= 11 is 0. The molecule has 0 unspecified atom stereocenters. The first kappa shape index (κ1) is 10.1. The molecule has 1 aliphatic carbocycles. The molecule has 5 heteroatoms. The lowest BCUT2D eigenvalue weighted by Gasteiger charge is -2.27. The largest absolute Gasteiger partial charge is 0.506 e. The van der Waals surface area contributed by atoms with Crippen molar-refractivity contribution in [3.63, 3.8) is 0 Å². The summed E-state index contributed by atoms with van der Waals surface area (Å²) < 4.78 is 38.1. The molecule has 0 amide bonds. The molecule has 15 heavy (non-hydrogen) atoms. The highest BCUT2D eigenvalue weighted by atomic mass is 19.4. The maximum Gasteiger partial charge on any atom is 0.485 e. The van der Waals surface area contributed by atoms with Crippen LogP contribution in [-0.2, 0) is 0 Å². The van der Waals surface area contributed by atoms with Gasteiger partial charge in [0.15, 0.2) is 0 Å². The summed E-state index contributed by atoms with van der Waals surface area (Å²) in [6.07, 6.45) is -3.39. The number of benzene rings is 1. The van der Waals surface area contributed by atoms with E-state index in [2.05, 4.69) is 0 Å². The smallest absolute Gasteiger partial charge is 0.485 e. The molecular weight excluding hydrogens is 207 g/mol. The summed E-state index contributed by atoms with van der Waals surface area (Å²) in [4.78, 5) is 0.336. The molecular formula is C10H10F3NO. The number of para-hydroxylation sites is 2. The zero-order valence-corrected chi connectivity index (χ0v) is 7.83. The van der Waals surface area contributed by atoms with Crippen molar-refractivity contribution in [2.75, 3.05) is 4.90 Å². The van der Waals surface area contributed by atoms with E-state index in [9.17, 15) is 18.3 Å². The molecule has 2 nitrogen and oxygen atoms in total. The molecule has 0 spiro atoms. The fourth-order valence-electron chi connectivity index (χ4n) is 1.54. The van der Waals surface area contributed by atoms with E-state index in [1.165, 1.54) is 24.3 Å². The van der Waals surface area contributed by atoms with Gasteiger partial charge in [-0.1, -0.05) is 12.1 Å². The van der Waals surface area contributed by atoms with Gasteiger partial charge in [0.1, 0.15) is 5.75 Å². The van der Waals surface area contributed by atoms with Crippen molar-refractivity contribution in [2.45, 2.75) is 25.2 Å². The number of nitrogens with zero attached hydrogens (tertiary/aromatic N) is 1. The van der Waals surface area contributed by atoms with Crippen LogP contribution in [0, 0.1) is 0 Å². The van der Waals surface area contributed by atoms with Crippen LogP contribution in [0.4, 0.5) is 18.9 Å². The lowest BCUT2D eigenvalue weighted by molar-refractivity contribution is -0.130. The number of phenolic OH excluding ortho intramolecular Hbond substituents is 1. The van der Waals surface area contributed by atoms with Gasteiger partial charge >= 0.3 is 6.30 Å². The van der Waals surface area contributed by atoms with Crippen molar-refractivity contribution in [1.82, 2.24) is 0 Å². The summed E-state index contributed by atoms with van der Waals surface area (Å²) in [5, 5.41) is 9.38. The van der Waals surface area contributed by atoms with E-state index in [-0.39, 0.29) is 11.4 Å². The predicted molar refractivity (Wildman–Crippen MR) is 49.7 cm³/mol. The van der Waals surface area contributed by atoms with Gasteiger partial charge in [-0.25, -0.2) is 0 Å². The molecule has 82 valence electrons. The quantitative estimate of drug-likeness (QED) is 0.770. The van der Waals surface area contributed by atoms with Gasteiger partial charge in [0, 0.05) is 6.04 Å². The summed E-state index contributed by atoms with van der Waals surface area (Å²) in [6.45, 7) is 0. The molecule has 1 aromatic carbocycles. The maximum absolute atomic E-state index is 12.7. The molecule has 0 aromatic heterocycles. The van der Waals surface area contributed by atoms with Crippen molar-refractivity contribution in [1.29, 1.82) is 0 Å². The van der Waals surface area contributed by atoms with E-state index in [0.717, 1.165) is 0 Å². The summed E-state index contributed by atoms with van der Waals surface area (Å²) in [7, 11) is 0. The SMILES string of the molecule is Oc1ccccc1N(C1CC1)C(F)(F)F. The third-order valence-corrected chi connectivity index (χ3v) is 2.33. The Balaban J connectivity index is 2.37. The van der Waals surface area contributed by atoms with Gasteiger partial charge in [-0.05, 0) is 25.0 Å². The van der Waals surface area contributed by atoms with Gasteiger partial charge in [0.25, 0.3) is 0 Å². The van der Waals surface area contributed by atoms with Gasteiger partial charge in [-0.3, -0.25) is 4.90 Å². The fraction of sp³-hybridized carbons (Fsp3) is 0.400. The van der Waals surface area contributed by atoms with Crippen molar-refractivity contribution in [3.8, 4) is 5.75 Å². The summed E-state index contributed by atoms with van der Waals surface area (Å²) in [5.74, 6) is -0.332. The van der Waals surface area contributed by atoms with E-state index in [1.807, 2.05) is 0 Å². The molecule has 1 fully saturated rings. The van der Waals surface area contributed by atoms with Crippen LogP contribution in [-0.4, -0.2) is 17.4 Å². The van der Waals surface area contributed by atoms with Crippen LogP contribution in [0.15, 0.2) is 24.3 Å². The molecule has 0 aliphatic heterocycles. The number of phenols is 1. The van der Waals surface area contributed by atoms with Crippen molar-refractivity contribution < 1.29 is 18.3 Å². The Kier molecular flexibility index (Phi) is 2.25. The van der Waals surface area contributed by atoms with Crippen LogP contribution in [0.25, 0.3) is 0 Å². The second kappa shape index (κ2) is 3.32. The van der Waals surface area contributed by atoms with Crippen molar-refractivity contribution in [2.24, 2.45) is 0 Å². The average molecular weight is 217 g/mol. The van der Waals surface area contributed by atoms with Crippen LogP contribution in [0.5, 0.6) is 5.75 Å². The number of rotatable bonds is 2. The number of anilines is 1. The van der Waals surface area contributed by atoms with Crippen LogP contribution in [0.3, 0.4) is 0 Å². The van der Waals surface area contributed by atoms with Crippen LogP contribution < -0.4 is 4.90 Å². The first-order valence-corrected chi connectivity index (χ1v) is 4.64. The highest BCUT2D eigenvalue weighted by Gasteiger charge is 2.47. The molecule has 1 N–H and O–H groups in total. The highest BCUT2D eigenvalue weighted by molar-refractivity contribution is 5.59. The third-order valence-electron chi connectivity index (χ3n) is 2.33. The molecule has 0 atom stereocenters. The first-order chi connectivity index (χ1) is 7.00. The molecule has 0 saturated heterocycles. The minimum atomic E-state index is -4.43. The maximum atomic E-state index is 12.7. The highest BCUT2D eigenvalue weighted by Crippen LogP contribution is 2.42. The van der Waals surface area contributed by atoms with E-state index >= 15 is 0 Å². The lowest BCUT2D eigenvalue weighted by atomic mass is 10.2. The summed E-state index contributed by atoms with van der Waals surface area (Å²) in [5.41, 5.74) is -0.160. The molecule has 1 aromatic rings. The molecule has 1 aliphatic rings. The van der Waals surface area contributed by atoms with E-state index in [4.69, 9.17) is 0 Å². The monoisotopic (exact) mass is 217 g/mol. The Morgan fingerprint density at radius 1 is 1.20 bits per heavy atom. The summed E-state index contributed by atoms with van der Waals surface area (Å²) in [6, 6.07) is 5.01. The van der Waals surface area contributed by atoms with E-state index in [1.54, 1.807) is 0 Å². The van der Waals surface area contributed by atoms with Gasteiger partial charge in [0.2, 0.25) is 0 Å². The zero-order valence-electron chi connectivity index (χ0n) is 7.83. The zero-order chi connectivity index (χ0) is 11.1. The molecule has 0 bridgehead atoms. The van der Waals surface area contributed by atoms with E-state index < -0.39 is 12.3 Å². The average Bonchev–Trinajstić information content (AvgIpc) is 2.90. The number of hydrogen-bond donors (Lipinski definition) is 1. The van der Waals surface area contributed by atoms with Gasteiger partial charge in [-0.15, -0.1) is 0 Å². The fourth-order valence-corrected chi connectivity index (χ4v) is 1.54. The molecule has 2 rings (SSSR count). The third kappa shape index (κ3) is 2.00. The normalized spacial score (nSPS) is 16.5. The van der Waals surface area contributed by atoms with Gasteiger partial charge in [0.05, 0.1) is 5.69 Å². The topological polar surface area (TPSA) is 23.5 Å². The number of aromatic hydroxyl groups is 1. The van der Waals surface area contributed by atoms with Crippen LogP contribution in [0.1, 0.15) is 12.8 Å². The Labute approximate surface area is 84.9 Å². The Morgan fingerprint density at radius 2 is 1.80 bits per heavy atom. The van der Waals surface area contributed by atoms with Crippen LogP contribution in [0.2, 0.25) is 0 Å². The first-order valence-electron chi connectivity index (χ1n) is 4.64. The Hall–Kier alpha value is -1.39. The van der Waals surface area contributed by atoms with Crippen LogP contribution >= 0.6 is 0 Å². The number of halogens is 3.